The van der Waals surface area contributed by atoms with Gasteiger partial charge in [0.1, 0.15) is 0 Å². The second-order valence-corrected chi connectivity index (χ2v) is 4.82. The maximum atomic E-state index is 9.13. The summed E-state index contributed by atoms with van der Waals surface area (Å²) >= 11 is 1.72. The first-order chi connectivity index (χ1) is 8.83. The van der Waals surface area contributed by atoms with E-state index in [0.717, 1.165) is 11.1 Å². The van der Waals surface area contributed by atoms with Gasteiger partial charge in [-0.25, -0.2) is 0 Å². The molecule has 0 atom stereocenters. The molecule has 0 aliphatic rings. The van der Waals surface area contributed by atoms with Gasteiger partial charge in [0, 0.05) is 11.3 Å². The number of hydrogen-bond acceptors (Lipinski definition) is 3. The SMILES string of the molecule is CSc1ccc(C/C(=N/O)c2ccccc2)cc1. The van der Waals surface area contributed by atoms with Crippen LogP contribution >= 0.6 is 11.8 Å². The molecule has 1 N–H and O–H groups in total. The number of hydrogen-bond donors (Lipinski definition) is 1. The zero-order valence-electron chi connectivity index (χ0n) is 10.2. The third kappa shape index (κ3) is 3.14. The molecule has 0 radical (unpaired) electrons. The van der Waals surface area contributed by atoms with Gasteiger partial charge in [-0.1, -0.05) is 47.6 Å². The molecule has 0 aliphatic carbocycles. The fourth-order valence-electron chi connectivity index (χ4n) is 1.76. The fourth-order valence-corrected chi connectivity index (χ4v) is 2.17. The lowest BCUT2D eigenvalue weighted by Gasteiger charge is -2.05. The molecule has 0 aromatic heterocycles. The summed E-state index contributed by atoms with van der Waals surface area (Å²) in [6, 6.07) is 18.0. The van der Waals surface area contributed by atoms with E-state index in [1.54, 1.807) is 11.8 Å². The lowest BCUT2D eigenvalue weighted by atomic mass is 10.0. The van der Waals surface area contributed by atoms with E-state index in [-0.39, 0.29) is 0 Å². The molecule has 18 heavy (non-hydrogen) atoms. The van der Waals surface area contributed by atoms with Crippen molar-refractivity contribution >= 4 is 17.5 Å². The first-order valence-electron chi connectivity index (χ1n) is 5.73. The first-order valence-corrected chi connectivity index (χ1v) is 6.95. The van der Waals surface area contributed by atoms with Crippen molar-refractivity contribution in [2.45, 2.75) is 11.3 Å². The topological polar surface area (TPSA) is 32.6 Å². The Bertz CT molecular complexity index is 520. The van der Waals surface area contributed by atoms with Gasteiger partial charge in [-0.2, -0.15) is 0 Å². The number of benzene rings is 2. The predicted octanol–water partition coefficient (Wildman–Crippen LogP) is 3.83. The molecule has 0 saturated heterocycles. The van der Waals surface area contributed by atoms with Gasteiger partial charge in [-0.3, -0.25) is 0 Å². The zero-order valence-corrected chi connectivity index (χ0v) is 11.0. The third-order valence-electron chi connectivity index (χ3n) is 2.76. The molecule has 2 aromatic carbocycles. The minimum Gasteiger partial charge on any atom is -0.411 e. The summed E-state index contributed by atoms with van der Waals surface area (Å²) in [4.78, 5) is 1.24. The molecule has 0 fully saturated rings. The molecular weight excluding hydrogens is 242 g/mol. The molecule has 92 valence electrons. The van der Waals surface area contributed by atoms with Gasteiger partial charge in [0.25, 0.3) is 0 Å². The Morgan fingerprint density at radius 2 is 1.72 bits per heavy atom. The fraction of sp³-hybridized carbons (Fsp3) is 0.133. The summed E-state index contributed by atoms with van der Waals surface area (Å²) < 4.78 is 0. The molecule has 3 heteroatoms. The van der Waals surface area contributed by atoms with Gasteiger partial charge in [-0.15, -0.1) is 11.8 Å². The van der Waals surface area contributed by atoms with Crippen LogP contribution in [-0.4, -0.2) is 17.2 Å². The molecule has 0 unspecified atom stereocenters. The van der Waals surface area contributed by atoms with E-state index in [0.29, 0.717) is 12.1 Å². The highest BCUT2D eigenvalue weighted by atomic mass is 32.2. The minimum absolute atomic E-state index is 0.634. The summed E-state index contributed by atoms with van der Waals surface area (Å²) in [7, 11) is 0. The lowest BCUT2D eigenvalue weighted by Crippen LogP contribution is -2.05. The molecule has 0 spiro atoms. The molecule has 0 amide bonds. The second-order valence-electron chi connectivity index (χ2n) is 3.94. The van der Waals surface area contributed by atoms with Crippen molar-refractivity contribution in [2.24, 2.45) is 5.16 Å². The van der Waals surface area contributed by atoms with Gasteiger partial charge in [-0.05, 0) is 29.5 Å². The monoisotopic (exact) mass is 257 g/mol. The smallest absolute Gasteiger partial charge is 0.0911 e. The normalized spacial score (nSPS) is 11.5. The Morgan fingerprint density at radius 3 is 2.28 bits per heavy atom. The van der Waals surface area contributed by atoms with Crippen LogP contribution in [0.5, 0.6) is 0 Å². The lowest BCUT2D eigenvalue weighted by molar-refractivity contribution is 0.318. The summed E-state index contributed by atoms with van der Waals surface area (Å²) in [6.07, 6.45) is 2.69. The van der Waals surface area contributed by atoms with E-state index in [4.69, 9.17) is 5.21 Å². The van der Waals surface area contributed by atoms with Crippen LogP contribution in [0, 0.1) is 0 Å². The Kier molecular flexibility index (Phi) is 4.42. The van der Waals surface area contributed by atoms with Crippen molar-refractivity contribution < 1.29 is 5.21 Å². The highest BCUT2D eigenvalue weighted by Crippen LogP contribution is 2.16. The Morgan fingerprint density at radius 1 is 1.06 bits per heavy atom. The molecule has 2 rings (SSSR count). The summed E-state index contributed by atoms with van der Waals surface area (Å²) in [6.45, 7) is 0. The van der Waals surface area contributed by atoms with Gasteiger partial charge < -0.3 is 5.21 Å². The standard InChI is InChI=1S/C15H15NOS/c1-18-14-9-7-12(8-10-14)11-15(16-17)13-5-3-2-4-6-13/h2-10,17H,11H2,1H3/b16-15-. The van der Waals surface area contributed by atoms with Crippen molar-refractivity contribution in [1.29, 1.82) is 0 Å². The molecule has 0 saturated carbocycles. The number of rotatable bonds is 4. The minimum atomic E-state index is 0.634. The molecule has 0 aliphatic heterocycles. The molecular formula is C15H15NOS. The van der Waals surface area contributed by atoms with Gasteiger partial charge in [0.2, 0.25) is 0 Å². The van der Waals surface area contributed by atoms with E-state index in [9.17, 15) is 0 Å². The number of nitrogens with zero attached hydrogens (tertiary/aromatic N) is 1. The van der Waals surface area contributed by atoms with Crippen LogP contribution in [0.2, 0.25) is 0 Å². The highest BCUT2D eigenvalue weighted by Gasteiger charge is 2.05. The number of oxime groups is 1. The zero-order chi connectivity index (χ0) is 12.8. The average molecular weight is 257 g/mol. The van der Waals surface area contributed by atoms with E-state index >= 15 is 0 Å². The van der Waals surface area contributed by atoms with E-state index in [2.05, 4.69) is 35.7 Å². The van der Waals surface area contributed by atoms with Gasteiger partial charge >= 0.3 is 0 Å². The van der Waals surface area contributed by atoms with Gasteiger partial charge in [0.15, 0.2) is 0 Å². The van der Waals surface area contributed by atoms with Crippen molar-refractivity contribution in [1.82, 2.24) is 0 Å². The molecule has 0 heterocycles. The Balaban J connectivity index is 2.16. The quantitative estimate of drug-likeness (QED) is 0.391. The largest absolute Gasteiger partial charge is 0.411 e. The maximum absolute atomic E-state index is 9.13. The van der Waals surface area contributed by atoms with Crippen LogP contribution < -0.4 is 0 Å². The third-order valence-corrected chi connectivity index (χ3v) is 3.50. The van der Waals surface area contributed by atoms with Crippen LogP contribution in [0.15, 0.2) is 64.6 Å². The van der Waals surface area contributed by atoms with Crippen LogP contribution in [-0.2, 0) is 6.42 Å². The average Bonchev–Trinajstić information content (AvgIpc) is 2.46. The molecule has 2 aromatic rings. The maximum Gasteiger partial charge on any atom is 0.0911 e. The Hall–Kier alpha value is -1.74. The first kappa shape index (κ1) is 12.7. The van der Waals surface area contributed by atoms with Crippen molar-refractivity contribution in [2.75, 3.05) is 6.26 Å². The van der Waals surface area contributed by atoms with Crippen molar-refractivity contribution in [3.8, 4) is 0 Å². The van der Waals surface area contributed by atoms with Gasteiger partial charge in [0.05, 0.1) is 5.71 Å². The van der Waals surface area contributed by atoms with Crippen molar-refractivity contribution in [3.05, 3.63) is 65.7 Å². The van der Waals surface area contributed by atoms with Crippen LogP contribution in [0.3, 0.4) is 0 Å². The van der Waals surface area contributed by atoms with Crippen LogP contribution in [0.25, 0.3) is 0 Å². The van der Waals surface area contributed by atoms with E-state index in [1.165, 1.54) is 4.90 Å². The second kappa shape index (κ2) is 6.26. The van der Waals surface area contributed by atoms with Crippen LogP contribution in [0.4, 0.5) is 0 Å². The number of thioether (sulfide) groups is 1. The summed E-state index contributed by atoms with van der Waals surface area (Å²) in [5.74, 6) is 0. The van der Waals surface area contributed by atoms with E-state index < -0.39 is 0 Å². The summed E-state index contributed by atoms with van der Waals surface area (Å²) in [5, 5.41) is 12.5. The van der Waals surface area contributed by atoms with E-state index in [1.807, 2.05) is 30.3 Å². The summed E-state index contributed by atoms with van der Waals surface area (Å²) in [5.41, 5.74) is 2.78. The molecule has 0 bridgehead atoms. The van der Waals surface area contributed by atoms with Crippen LogP contribution in [0.1, 0.15) is 11.1 Å². The predicted molar refractivity (Wildman–Crippen MR) is 76.7 cm³/mol. The molecule has 2 nitrogen and oxygen atoms in total. The highest BCUT2D eigenvalue weighted by molar-refractivity contribution is 7.98. The Labute approximate surface area is 111 Å². The van der Waals surface area contributed by atoms with Crippen molar-refractivity contribution in [3.63, 3.8) is 0 Å².